The third-order valence-corrected chi connectivity index (χ3v) is 2.97. The fourth-order valence-corrected chi connectivity index (χ4v) is 1.96. The van der Waals surface area contributed by atoms with Crippen molar-refractivity contribution in [2.75, 3.05) is 14.2 Å². The summed E-state index contributed by atoms with van der Waals surface area (Å²) in [7, 11) is 2.31. The topological polar surface area (TPSA) is 76.0 Å². The van der Waals surface area contributed by atoms with Gasteiger partial charge in [-0.1, -0.05) is 12.1 Å². The number of rotatable bonds is 1. The van der Waals surface area contributed by atoms with E-state index in [9.17, 15) is 15.1 Å². The molecule has 1 amide bonds. The summed E-state index contributed by atoms with van der Waals surface area (Å²) in [5, 5.41) is 20.8. The van der Waals surface area contributed by atoms with Gasteiger partial charge in [0.1, 0.15) is 0 Å². The molecule has 1 aliphatic rings. The summed E-state index contributed by atoms with van der Waals surface area (Å²) in [4.78, 5) is 11.9. The van der Waals surface area contributed by atoms with Crippen molar-refractivity contribution in [3.63, 3.8) is 0 Å². The van der Waals surface area contributed by atoms with Gasteiger partial charge in [-0.2, -0.15) is 10.0 Å². The molecule has 0 aromatic heterocycles. The fraction of sp³-hybridized carbons (Fsp3) is 0.250. The lowest BCUT2D eigenvalue weighted by atomic mass is 10.1. The van der Waals surface area contributed by atoms with Crippen LogP contribution in [0.4, 0.5) is 10.5 Å². The number of hydrogen-bond acceptors (Lipinski definition) is 5. The third-order valence-electron chi connectivity index (χ3n) is 2.97. The number of hydrogen-bond donors (Lipinski definition) is 2. The van der Waals surface area contributed by atoms with E-state index in [0.29, 0.717) is 5.56 Å². The monoisotopic (exact) mass is 252 g/mol. The fourth-order valence-electron chi connectivity index (χ4n) is 1.96. The lowest BCUT2D eigenvalue weighted by molar-refractivity contribution is -0.312. The smallest absolute Gasteiger partial charge is 0.421 e. The second-order valence-corrected chi connectivity index (χ2v) is 3.86. The molecule has 0 aliphatic carbocycles. The number of amides is 1. The van der Waals surface area contributed by atoms with Crippen LogP contribution in [0.1, 0.15) is 5.56 Å². The van der Waals surface area contributed by atoms with Crippen LogP contribution in [-0.2, 0) is 9.47 Å². The molecule has 2 rings (SSSR count). The Morgan fingerprint density at radius 1 is 1.33 bits per heavy atom. The van der Waals surface area contributed by atoms with Gasteiger partial charge in [-0.3, -0.25) is 4.74 Å². The predicted molar refractivity (Wildman–Crippen MR) is 63.4 cm³/mol. The average molecular weight is 252 g/mol. The van der Waals surface area contributed by atoms with Gasteiger partial charge in [0.15, 0.2) is 5.69 Å². The van der Waals surface area contributed by atoms with Gasteiger partial charge in [-0.15, -0.1) is 0 Å². The number of benzene rings is 1. The Balaban J connectivity index is 2.70. The molecule has 0 spiro atoms. The van der Waals surface area contributed by atoms with Crippen molar-refractivity contribution in [1.82, 2.24) is 4.65 Å². The Hall–Kier alpha value is -1.73. The van der Waals surface area contributed by atoms with E-state index in [1.54, 1.807) is 24.3 Å². The number of quaternary nitrogens is 1. The Morgan fingerprint density at radius 3 is 2.61 bits per heavy atom. The van der Waals surface area contributed by atoms with E-state index in [1.807, 2.05) is 0 Å². The number of nitrogens with zero attached hydrogens (tertiary/aromatic N) is 1. The first kappa shape index (κ1) is 12.7. The lowest BCUT2D eigenvalue weighted by Gasteiger charge is -2.38. The van der Waals surface area contributed by atoms with Crippen LogP contribution in [0, 0.1) is 0 Å². The number of ether oxygens (including phenoxy) is 2. The molecule has 0 fully saturated rings. The van der Waals surface area contributed by atoms with Crippen molar-refractivity contribution in [2.45, 2.75) is 5.91 Å². The molecular weight excluding hydrogens is 238 g/mol. The highest BCUT2D eigenvalue weighted by atomic mass is 16.8. The second-order valence-electron chi connectivity index (χ2n) is 3.86. The van der Waals surface area contributed by atoms with Gasteiger partial charge in [0.05, 0.1) is 7.11 Å². The maximum absolute atomic E-state index is 11.9. The zero-order valence-electron chi connectivity index (χ0n) is 10.0. The SMILES string of the molecule is COC(=O)[N+]1(O)c2ccccc2C=CC1(O)OC. The quantitative estimate of drug-likeness (QED) is 0.449. The highest BCUT2D eigenvalue weighted by molar-refractivity contribution is 5.86. The first-order valence-corrected chi connectivity index (χ1v) is 5.26. The zero-order valence-corrected chi connectivity index (χ0v) is 10.0. The largest absolute Gasteiger partial charge is 0.559 e. The van der Waals surface area contributed by atoms with Crippen molar-refractivity contribution in [3.8, 4) is 0 Å². The molecule has 1 aromatic carbocycles. The van der Waals surface area contributed by atoms with E-state index < -0.39 is 16.7 Å². The molecule has 2 atom stereocenters. The molecule has 0 saturated carbocycles. The van der Waals surface area contributed by atoms with Crippen molar-refractivity contribution in [1.29, 1.82) is 0 Å². The maximum atomic E-state index is 11.9. The van der Waals surface area contributed by atoms with Crippen LogP contribution in [0.25, 0.3) is 6.08 Å². The summed E-state index contributed by atoms with van der Waals surface area (Å²) < 4.78 is 7.91. The van der Waals surface area contributed by atoms with Gasteiger partial charge in [0.2, 0.25) is 0 Å². The van der Waals surface area contributed by atoms with E-state index in [4.69, 9.17) is 4.74 Å². The van der Waals surface area contributed by atoms with E-state index in [1.165, 1.54) is 19.3 Å². The van der Waals surface area contributed by atoms with Gasteiger partial charge in [0.25, 0.3) is 0 Å². The summed E-state index contributed by atoms with van der Waals surface area (Å²) in [6, 6.07) is 6.61. The maximum Gasteiger partial charge on any atom is 0.559 e. The van der Waals surface area contributed by atoms with Crippen LogP contribution in [0.15, 0.2) is 30.3 Å². The van der Waals surface area contributed by atoms with Crippen molar-refractivity contribution < 1.29 is 24.6 Å². The van der Waals surface area contributed by atoms with Gasteiger partial charge in [-0.25, -0.2) is 0 Å². The number of carbonyl (C=O) groups is 1. The minimum absolute atomic E-state index is 0.177. The molecule has 2 unspecified atom stereocenters. The Kier molecular flexibility index (Phi) is 2.95. The normalized spacial score (nSPS) is 29.8. The lowest BCUT2D eigenvalue weighted by Crippen LogP contribution is -2.68. The van der Waals surface area contributed by atoms with E-state index in [2.05, 4.69) is 4.74 Å². The van der Waals surface area contributed by atoms with Gasteiger partial charge >= 0.3 is 12.0 Å². The first-order chi connectivity index (χ1) is 8.49. The summed E-state index contributed by atoms with van der Waals surface area (Å²) >= 11 is 0. The third kappa shape index (κ3) is 1.48. The van der Waals surface area contributed by atoms with Crippen LogP contribution in [0.3, 0.4) is 0 Å². The molecule has 2 N–H and O–H groups in total. The predicted octanol–water partition coefficient (Wildman–Crippen LogP) is 1.47. The molecule has 18 heavy (non-hydrogen) atoms. The number of carbonyl (C=O) groups excluding carboxylic acids is 1. The standard InChI is InChI=1S/C12H14NO5/c1-17-11(14)13(16)10-6-4-3-5-9(10)7-8-12(13,15)18-2/h3-8,15-16H,1-2H3/q+1. The highest BCUT2D eigenvalue weighted by Crippen LogP contribution is 2.39. The molecular formula is C12H14NO5+. The zero-order chi connectivity index (χ0) is 13.4. The summed E-state index contributed by atoms with van der Waals surface area (Å²) in [6.45, 7) is 0. The van der Waals surface area contributed by atoms with Gasteiger partial charge in [-0.05, 0) is 12.1 Å². The number of aliphatic hydroxyl groups is 1. The van der Waals surface area contributed by atoms with Crippen LogP contribution < -0.4 is 4.65 Å². The Morgan fingerprint density at radius 2 is 2.00 bits per heavy atom. The van der Waals surface area contributed by atoms with Crippen LogP contribution in [-0.4, -0.2) is 36.5 Å². The number of hydroxylamine groups is 2. The molecule has 0 saturated heterocycles. The molecule has 96 valence electrons. The van der Waals surface area contributed by atoms with Crippen molar-refractivity contribution >= 4 is 17.9 Å². The minimum Gasteiger partial charge on any atom is -0.421 e. The molecule has 1 heterocycles. The molecule has 6 nitrogen and oxygen atoms in total. The van der Waals surface area contributed by atoms with Crippen molar-refractivity contribution in [2.24, 2.45) is 0 Å². The van der Waals surface area contributed by atoms with E-state index in [-0.39, 0.29) is 5.69 Å². The highest BCUT2D eigenvalue weighted by Gasteiger charge is 2.61. The van der Waals surface area contributed by atoms with Crippen LogP contribution in [0.5, 0.6) is 0 Å². The summed E-state index contributed by atoms with van der Waals surface area (Å²) in [5.41, 5.74) is 0.767. The Bertz CT molecular complexity index is 515. The molecule has 1 aromatic rings. The van der Waals surface area contributed by atoms with Gasteiger partial charge < -0.3 is 9.84 Å². The summed E-state index contributed by atoms with van der Waals surface area (Å²) in [5.74, 6) is -2.22. The summed E-state index contributed by atoms with van der Waals surface area (Å²) in [6.07, 6.45) is 1.72. The van der Waals surface area contributed by atoms with E-state index in [0.717, 1.165) is 7.11 Å². The molecule has 6 heteroatoms. The first-order valence-electron chi connectivity index (χ1n) is 5.26. The van der Waals surface area contributed by atoms with Crippen LogP contribution >= 0.6 is 0 Å². The van der Waals surface area contributed by atoms with Crippen molar-refractivity contribution in [3.05, 3.63) is 35.9 Å². The Labute approximate surface area is 104 Å². The molecule has 1 aliphatic heterocycles. The van der Waals surface area contributed by atoms with Gasteiger partial charge in [0, 0.05) is 29.5 Å². The minimum atomic E-state index is -2.22. The average Bonchev–Trinajstić information content (AvgIpc) is 2.42. The van der Waals surface area contributed by atoms with E-state index >= 15 is 0 Å². The second kappa shape index (κ2) is 4.18. The number of para-hydroxylation sites is 1. The molecule has 0 bridgehead atoms. The number of methoxy groups -OCH3 is 2. The number of fused-ring (bicyclic) bond motifs is 1. The molecule has 0 radical (unpaired) electrons. The van der Waals surface area contributed by atoms with Crippen LogP contribution in [0.2, 0.25) is 0 Å².